The van der Waals surface area contributed by atoms with Crippen LogP contribution in [0.5, 0.6) is 0 Å². The number of hydrogen-bond donors (Lipinski definition) is 0. The van der Waals surface area contributed by atoms with Gasteiger partial charge in [0.2, 0.25) is 0 Å². The van der Waals surface area contributed by atoms with E-state index in [-0.39, 0.29) is 0 Å². The fraction of sp³-hybridized carbons (Fsp3) is 0. The minimum absolute atomic E-state index is 0.347. The summed E-state index contributed by atoms with van der Waals surface area (Å²) in [5.74, 6) is 0.347. The second-order valence-corrected chi connectivity index (χ2v) is 3.73. The van der Waals surface area contributed by atoms with Gasteiger partial charge in [0.1, 0.15) is 0 Å². The second-order valence-electron chi connectivity index (χ2n) is 3.73. The van der Waals surface area contributed by atoms with E-state index in [0.717, 1.165) is 28.3 Å². The first-order valence-corrected chi connectivity index (χ1v) is 5.26. The molecule has 2 heterocycles. The molecule has 17 heavy (non-hydrogen) atoms. The quantitative estimate of drug-likeness (QED) is 0.626. The highest BCUT2D eigenvalue weighted by molar-refractivity contribution is 5.89. The van der Waals surface area contributed by atoms with Crippen molar-refractivity contribution in [1.82, 2.24) is 4.98 Å². The zero-order chi connectivity index (χ0) is 11.7. The molecule has 0 amide bonds. The van der Waals surface area contributed by atoms with Crippen molar-refractivity contribution in [3.05, 3.63) is 54.6 Å². The highest BCUT2D eigenvalue weighted by Gasteiger charge is 2.08. The monoisotopic (exact) mass is 223 g/mol. The number of aldehydes is 1. The standard InChI is InChI=1S/C14H9NO2/c16-9-14-12(5-7-17-14)11-4-3-10-2-1-6-15-13(10)8-11/h1-9H. The van der Waals surface area contributed by atoms with E-state index in [1.54, 1.807) is 12.3 Å². The van der Waals surface area contributed by atoms with Gasteiger partial charge in [-0.2, -0.15) is 0 Å². The lowest BCUT2D eigenvalue weighted by molar-refractivity contribution is 0.110. The summed E-state index contributed by atoms with van der Waals surface area (Å²) in [6.07, 6.45) is 3.99. The Bertz CT molecular complexity index is 685. The van der Waals surface area contributed by atoms with Gasteiger partial charge < -0.3 is 4.42 Å². The summed E-state index contributed by atoms with van der Waals surface area (Å²) in [5.41, 5.74) is 2.64. The maximum atomic E-state index is 10.8. The Morgan fingerprint density at radius 1 is 1.18 bits per heavy atom. The first-order valence-electron chi connectivity index (χ1n) is 5.26. The van der Waals surface area contributed by atoms with Gasteiger partial charge in [-0.15, -0.1) is 0 Å². The first-order chi connectivity index (χ1) is 8.38. The molecular formula is C14H9NO2. The fourth-order valence-corrected chi connectivity index (χ4v) is 1.88. The van der Waals surface area contributed by atoms with Crippen molar-refractivity contribution in [2.45, 2.75) is 0 Å². The zero-order valence-corrected chi connectivity index (χ0v) is 8.96. The molecular weight excluding hydrogens is 214 g/mol. The number of aromatic nitrogens is 1. The molecule has 0 aliphatic heterocycles. The molecule has 0 saturated heterocycles. The number of carbonyl (C=O) groups excluding carboxylic acids is 1. The zero-order valence-electron chi connectivity index (χ0n) is 8.96. The van der Waals surface area contributed by atoms with Crippen LogP contribution >= 0.6 is 0 Å². The number of fused-ring (bicyclic) bond motifs is 1. The van der Waals surface area contributed by atoms with Crippen LogP contribution in [0.1, 0.15) is 10.6 Å². The number of nitrogens with zero attached hydrogens (tertiary/aromatic N) is 1. The van der Waals surface area contributed by atoms with Crippen LogP contribution in [0.25, 0.3) is 22.0 Å². The molecule has 3 nitrogen and oxygen atoms in total. The first kappa shape index (κ1) is 9.78. The van der Waals surface area contributed by atoms with Crippen LogP contribution in [-0.4, -0.2) is 11.3 Å². The molecule has 0 saturated carbocycles. The number of carbonyl (C=O) groups is 1. The number of pyridine rings is 1. The average Bonchev–Trinajstić information content (AvgIpc) is 2.86. The highest BCUT2D eigenvalue weighted by atomic mass is 16.3. The molecule has 0 bridgehead atoms. The molecule has 0 fully saturated rings. The van der Waals surface area contributed by atoms with Gasteiger partial charge in [0, 0.05) is 17.1 Å². The third-order valence-corrected chi connectivity index (χ3v) is 2.72. The van der Waals surface area contributed by atoms with Crippen LogP contribution in [0.4, 0.5) is 0 Å². The summed E-state index contributed by atoms with van der Waals surface area (Å²) in [7, 11) is 0. The molecule has 3 aromatic rings. The van der Waals surface area contributed by atoms with Gasteiger partial charge in [0.25, 0.3) is 0 Å². The predicted molar refractivity (Wildman–Crippen MR) is 64.8 cm³/mol. The Hall–Kier alpha value is -2.42. The van der Waals surface area contributed by atoms with Crippen molar-refractivity contribution in [1.29, 1.82) is 0 Å². The van der Waals surface area contributed by atoms with Gasteiger partial charge in [-0.05, 0) is 23.8 Å². The topological polar surface area (TPSA) is 43.1 Å². The van der Waals surface area contributed by atoms with Crippen molar-refractivity contribution in [3.63, 3.8) is 0 Å². The minimum Gasteiger partial charge on any atom is -0.461 e. The van der Waals surface area contributed by atoms with Crippen LogP contribution < -0.4 is 0 Å². The van der Waals surface area contributed by atoms with E-state index in [4.69, 9.17) is 4.42 Å². The number of hydrogen-bond acceptors (Lipinski definition) is 3. The molecule has 0 unspecified atom stereocenters. The Kier molecular flexibility index (Phi) is 2.22. The van der Waals surface area contributed by atoms with Crippen molar-refractivity contribution in [3.8, 4) is 11.1 Å². The summed E-state index contributed by atoms with van der Waals surface area (Å²) >= 11 is 0. The maximum absolute atomic E-state index is 10.8. The number of benzene rings is 1. The van der Waals surface area contributed by atoms with Crippen molar-refractivity contribution < 1.29 is 9.21 Å². The molecule has 82 valence electrons. The van der Waals surface area contributed by atoms with Gasteiger partial charge in [0.05, 0.1) is 11.8 Å². The lowest BCUT2D eigenvalue weighted by Gasteiger charge is -2.01. The molecule has 0 N–H and O–H groups in total. The molecule has 1 aromatic carbocycles. The molecule has 0 spiro atoms. The fourth-order valence-electron chi connectivity index (χ4n) is 1.88. The van der Waals surface area contributed by atoms with E-state index in [0.29, 0.717) is 5.76 Å². The van der Waals surface area contributed by atoms with Gasteiger partial charge in [-0.3, -0.25) is 9.78 Å². The number of furan rings is 1. The molecule has 0 radical (unpaired) electrons. The largest absolute Gasteiger partial charge is 0.461 e. The Morgan fingerprint density at radius 2 is 2.12 bits per heavy atom. The van der Waals surface area contributed by atoms with E-state index in [9.17, 15) is 4.79 Å². The van der Waals surface area contributed by atoms with E-state index < -0.39 is 0 Å². The summed E-state index contributed by atoms with van der Waals surface area (Å²) < 4.78 is 5.09. The smallest absolute Gasteiger partial charge is 0.185 e. The van der Waals surface area contributed by atoms with Crippen LogP contribution in [0.3, 0.4) is 0 Å². The molecule has 0 aliphatic rings. The van der Waals surface area contributed by atoms with Gasteiger partial charge in [-0.1, -0.05) is 18.2 Å². The predicted octanol–water partition coefficient (Wildman–Crippen LogP) is 3.31. The maximum Gasteiger partial charge on any atom is 0.185 e. The van der Waals surface area contributed by atoms with Crippen LogP contribution in [-0.2, 0) is 0 Å². The lowest BCUT2D eigenvalue weighted by Crippen LogP contribution is -1.83. The normalized spacial score (nSPS) is 10.6. The van der Waals surface area contributed by atoms with Crippen molar-refractivity contribution >= 4 is 17.2 Å². The summed E-state index contributed by atoms with van der Waals surface area (Å²) in [4.78, 5) is 15.1. The molecule has 3 heteroatoms. The Labute approximate surface area is 97.7 Å². The van der Waals surface area contributed by atoms with E-state index in [1.807, 2.05) is 30.3 Å². The van der Waals surface area contributed by atoms with Crippen LogP contribution in [0.15, 0.2) is 53.3 Å². The van der Waals surface area contributed by atoms with Gasteiger partial charge >= 0.3 is 0 Å². The highest BCUT2D eigenvalue weighted by Crippen LogP contribution is 2.26. The van der Waals surface area contributed by atoms with Gasteiger partial charge in [-0.25, -0.2) is 0 Å². The Balaban J connectivity index is 2.21. The van der Waals surface area contributed by atoms with Crippen LogP contribution in [0.2, 0.25) is 0 Å². The number of rotatable bonds is 2. The Morgan fingerprint density at radius 3 is 3.00 bits per heavy atom. The lowest BCUT2D eigenvalue weighted by atomic mass is 10.0. The molecule has 2 aromatic heterocycles. The average molecular weight is 223 g/mol. The summed E-state index contributed by atoms with van der Waals surface area (Å²) in [6, 6.07) is 11.6. The van der Waals surface area contributed by atoms with E-state index >= 15 is 0 Å². The van der Waals surface area contributed by atoms with E-state index in [2.05, 4.69) is 4.98 Å². The molecule has 3 rings (SSSR count). The third kappa shape index (κ3) is 1.61. The van der Waals surface area contributed by atoms with E-state index in [1.165, 1.54) is 6.26 Å². The van der Waals surface area contributed by atoms with Crippen molar-refractivity contribution in [2.75, 3.05) is 0 Å². The third-order valence-electron chi connectivity index (χ3n) is 2.72. The summed E-state index contributed by atoms with van der Waals surface area (Å²) in [5, 5.41) is 1.08. The SMILES string of the molecule is O=Cc1occc1-c1ccc2cccnc2c1. The molecule has 0 atom stereocenters. The van der Waals surface area contributed by atoms with Gasteiger partial charge in [0.15, 0.2) is 12.0 Å². The van der Waals surface area contributed by atoms with Crippen molar-refractivity contribution in [2.24, 2.45) is 0 Å². The second kappa shape index (κ2) is 3.87. The minimum atomic E-state index is 0.347. The molecule has 0 aliphatic carbocycles. The summed E-state index contributed by atoms with van der Waals surface area (Å²) in [6.45, 7) is 0. The van der Waals surface area contributed by atoms with Crippen LogP contribution in [0, 0.1) is 0 Å².